The fourth-order valence-corrected chi connectivity index (χ4v) is 2.51. The molecule has 0 aliphatic carbocycles. The third kappa shape index (κ3) is 4.56. The first-order valence-corrected chi connectivity index (χ1v) is 6.81. The summed E-state index contributed by atoms with van der Waals surface area (Å²) in [7, 11) is 1.73. The van der Waals surface area contributed by atoms with Gasteiger partial charge < -0.3 is 9.84 Å². The molecular weight excluding hydrogens is 228 g/mol. The van der Waals surface area contributed by atoms with Crippen LogP contribution < -0.4 is 0 Å². The number of methoxy groups -OCH3 is 1. The van der Waals surface area contributed by atoms with E-state index in [1.54, 1.807) is 7.11 Å². The van der Waals surface area contributed by atoms with Crippen molar-refractivity contribution in [1.29, 1.82) is 5.26 Å². The maximum absolute atomic E-state index is 9.33. The van der Waals surface area contributed by atoms with Crippen molar-refractivity contribution in [3.05, 3.63) is 0 Å². The van der Waals surface area contributed by atoms with Gasteiger partial charge in [-0.3, -0.25) is 4.90 Å². The molecule has 0 saturated carbocycles. The third-order valence-electron chi connectivity index (χ3n) is 3.83. The minimum atomic E-state index is -0.212. The molecule has 1 fully saturated rings. The molecular formula is C14H26N2O2. The SMILES string of the molecule is CO[C@@H]1C[C@@H](CO)N(CCCCC(C)(C)C#N)C1. The molecule has 0 unspecified atom stereocenters. The van der Waals surface area contributed by atoms with E-state index in [0.29, 0.717) is 0 Å². The average molecular weight is 254 g/mol. The molecule has 1 heterocycles. The second-order valence-electron chi connectivity index (χ2n) is 5.88. The number of likely N-dealkylation sites (tertiary alicyclic amines) is 1. The zero-order valence-electron chi connectivity index (χ0n) is 11.9. The lowest BCUT2D eigenvalue weighted by atomic mass is 9.89. The van der Waals surface area contributed by atoms with E-state index in [1.807, 2.05) is 13.8 Å². The molecule has 1 aliphatic heterocycles. The van der Waals surface area contributed by atoms with Crippen molar-refractivity contribution < 1.29 is 9.84 Å². The number of nitrogens with zero attached hydrogens (tertiary/aromatic N) is 2. The second-order valence-corrected chi connectivity index (χ2v) is 5.88. The number of aliphatic hydroxyl groups excluding tert-OH is 1. The Morgan fingerprint density at radius 2 is 2.17 bits per heavy atom. The lowest BCUT2D eigenvalue weighted by Gasteiger charge is -2.23. The molecule has 4 heteroatoms. The molecule has 1 saturated heterocycles. The molecule has 2 atom stereocenters. The van der Waals surface area contributed by atoms with Crippen LogP contribution in [0.5, 0.6) is 0 Å². The van der Waals surface area contributed by atoms with E-state index in [0.717, 1.165) is 38.8 Å². The first kappa shape index (κ1) is 15.4. The van der Waals surface area contributed by atoms with Crippen LogP contribution in [-0.4, -0.2) is 49.0 Å². The number of ether oxygens (including phenoxy) is 1. The van der Waals surface area contributed by atoms with Crippen LogP contribution in [0.2, 0.25) is 0 Å². The molecule has 4 nitrogen and oxygen atoms in total. The first-order chi connectivity index (χ1) is 8.52. The Morgan fingerprint density at radius 3 is 2.72 bits per heavy atom. The Bertz CT molecular complexity index is 286. The summed E-state index contributed by atoms with van der Waals surface area (Å²) in [6.07, 6.45) is 4.27. The van der Waals surface area contributed by atoms with Gasteiger partial charge in [-0.05, 0) is 39.7 Å². The van der Waals surface area contributed by atoms with Crippen LogP contribution in [-0.2, 0) is 4.74 Å². The van der Waals surface area contributed by atoms with E-state index in [-0.39, 0.29) is 24.2 Å². The summed E-state index contributed by atoms with van der Waals surface area (Å²) in [6, 6.07) is 2.58. The van der Waals surface area contributed by atoms with E-state index in [4.69, 9.17) is 10.00 Å². The van der Waals surface area contributed by atoms with Crippen LogP contribution in [0.25, 0.3) is 0 Å². The van der Waals surface area contributed by atoms with E-state index in [2.05, 4.69) is 11.0 Å². The van der Waals surface area contributed by atoms with Crippen molar-refractivity contribution >= 4 is 0 Å². The second kappa shape index (κ2) is 7.08. The highest BCUT2D eigenvalue weighted by Crippen LogP contribution is 2.23. The van der Waals surface area contributed by atoms with Crippen molar-refractivity contribution in [3.63, 3.8) is 0 Å². The highest BCUT2D eigenvalue weighted by molar-refractivity contribution is 4.91. The topological polar surface area (TPSA) is 56.5 Å². The average Bonchev–Trinajstić information content (AvgIpc) is 2.77. The smallest absolute Gasteiger partial charge is 0.0714 e. The molecule has 1 aliphatic rings. The van der Waals surface area contributed by atoms with Gasteiger partial charge in [-0.15, -0.1) is 0 Å². The first-order valence-electron chi connectivity index (χ1n) is 6.81. The zero-order chi connectivity index (χ0) is 13.6. The van der Waals surface area contributed by atoms with Gasteiger partial charge in [0.2, 0.25) is 0 Å². The maximum Gasteiger partial charge on any atom is 0.0714 e. The summed E-state index contributed by atoms with van der Waals surface area (Å²) >= 11 is 0. The molecule has 1 N–H and O–H groups in total. The molecule has 0 aromatic rings. The molecule has 0 aromatic carbocycles. The van der Waals surface area contributed by atoms with Crippen molar-refractivity contribution in [2.45, 2.75) is 51.7 Å². The van der Waals surface area contributed by atoms with Gasteiger partial charge in [0.05, 0.1) is 24.2 Å². The summed E-state index contributed by atoms with van der Waals surface area (Å²) < 4.78 is 5.36. The number of aliphatic hydroxyl groups is 1. The Morgan fingerprint density at radius 1 is 1.44 bits per heavy atom. The summed E-state index contributed by atoms with van der Waals surface area (Å²) in [5.74, 6) is 0. The molecule has 1 rings (SSSR count). The molecule has 0 spiro atoms. The Hall–Kier alpha value is -0.630. The fraction of sp³-hybridized carbons (Fsp3) is 0.929. The third-order valence-corrected chi connectivity index (χ3v) is 3.83. The minimum Gasteiger partial charge on any atom is -0.395 e. The molecule has 0 amide bonds. The fourth-order valence-electron chi connectivity index (χ4n) is 2.51. The zero-order valence-corrected chi connectivity index (χ0v) is 11.9. The monoisotopic (exact) mass is 254 g/mol. The van der Waals surface area contributed by atoms with Gasteiger partial charge >= 0.3 is 0 Å². The van der Waals surface area contributed by atoms with Gasteiger partial charge in [0.15, 0.2) is 0 Å². The van der Waals surface area contributed by atoms with Gasteiger partial charge in [0.25, 0.3) is 0 Å². The Balaban J connectivity index is 2.25. The van der Waals surface area contributed by atoms with Crippen molar-refractivity contribution in [1.82, 2.24) is 4.90 Å². The standard InChI is InChI=1S/C14H26N2O2/c1-14(2,11-15)6-4-5-7-16-9-13(18-3)8-12(16)10-17/h12-13,17H,4-10H2,1-3H3/t12-,13+/m0/s1. The van der Waals surface area contributed by atoms with E-state index >= 15 is 0 Å². The van der Waals surface area contributed by atoms with Crippen LogP contribution in [0, 0.1) is 16.7 Å². The number of unbranched alkanes of at least 4 members (excludes halogenated alkanes) is 1. The van der Waals surface area contributed by atoms with Crippen molar-refractivity contribution in [2.24, 2.45) is 5.41 Å². The lowest BCUT2D eigenvalue weighted by Crippen LogP contribution is -2.33. The molecule has 0 bridgehead atoms. The van der Waals surface area contributed by atoms with Gasteiger partial charge in [0, 0.05) is 19.7 Å². The minimum absolute atomic E-state index is 0.212. The molecule has 0 radical (unpaired) electrons. The number of hydrogen-bond donors (Lipinski definition) is 1. The van der Waals surface area contributed by atoms with E-state index < -0.39 is 0 Å². The normalized spacial score (nSPS) is 25.3. The molecule has 104 valence electrons. The predicted octanol–water partition coefficient (Wildman–Crippen LogP) is 1.79. The lowest BCUT2D eigenvalue weighted by molar-refractivity contribution is 0.108. The highest BCUT2D eigenvalue weighted by atomic mass is 16.5. The predicted molar refractivity (Wildman–Crippen MR) is 71.1 cm³/mol. The summed E-state index contributed by atoms with van der Waals surface area (Å²) in [6.45, 7) is 6.10. The Kier molecular flexibility index (Phi) is 6.07. The number of hydrogen-bond acceptors (Lipinski definition) is 4. The van der Waals surface area contributed by atoms with Gasteiger partial charge in [0.1, 0.15) is 0 Å². The maximum atomic E-state index is 9.33. The molecule has 18 heavy (non-hydrogen) atoms. The number of rotatable bonds is 7. The quantitative estimate of drug-likeness (QED) is 0.704. The Labute approximate surface area is 111 Å². The van der Waals surface area contributed by atoms with E-state index in [1.165, 1.54) is 0 Å². The van der Waals surface area contributed by atoms with Gasteiger partial charge in [-0.2, -0.15) is 5.26 Å². The summed E-state index contributed by atoms with van der Waals surface area (Å²) in [4.78, 5) is 2.31. The van der Waals surface area contributed by atoms with Crippen LogP contribution in [0.4, 0.5) is 0 Å². The van der Waals surface area contributed by atoms with E-state index in [9.17, 15) is 5.11 Å². The summed E-state index contributed by atoms with van der Waals surface area (Å²) in [5, 5.41) is 18.3. The largest absolute Gasteiger partial charge is 0.395 e. The van der Waals surface area contributed by atoms with Gasteiger partial charge in [-0.1, -0.05) is 6.42 Å². The van der Waals surface area contributed by atoms with Crippen LogP contribution in [0.3, 0.4) is 0 Å². The van der Waals surface area contributed by atoms with Crippen molar-refractivity contribution in [3.8, 4) is 6.07 Å². The van der Waals surface area contributed by atoms with Crippen LogP contribution >= 0.6 is 0 Å². The van der Waals surface area contributed by atoms with Crippen LogP contribution in [0.1, 0.15) is 39.5 Å². The highest BCUT2D eigenvalue weighted by Gasteiger charge is 2.31. The van der Waals surface area contributed by atoms with Gasteiger partial charge in [-0.25, -0.2) is 0 Å². The summed E-state index contributed by atoms with van der Waals surface area (Å²) in [5.41, 5.74) is -0.212. The molecule has 0 aromatic heterocycles. The number of nitriles is 1. The van der Waals surface area contributed by atoms with Crippen LogP contribution in [0.15, 0.2) is 0 Å². The van der Waals surface area contributed by atoms with Crippen molar-refractivity contribution in [2.75, 3.05) is 26.8 Å².